The van der Waals surface area contributed by atoms with Crippen molar-refractivity contribution in [2.75, 3.05) is 29.4 Å². The van der Waals surface area contributed by atoms with Crippen LogP contribution in [0.1, 0.15) is 37.7 Å². The highest BCUT2D eigenvalue weighted by Gasteiger charge is 2.46. The van der Waals surface area contributed by atoms with Crippen LogP contribution in [-0.4, -0.2) is 47.8 Å². The molecule has 2 aliphatic heterocycles. The fraction of sp³-hybridized carbons (Fsp3) is 0.500. The smallest absolute Gasteiger partial charge is 0.475 e. The Hall–Kier alpha value is -2.62. The number of halogens is 3. The molecule has 6 nitrogen and oxygen atoms in total. The molecule has 0 atom stereocenters. The Labute approximate surface area is 187 Å². The highest BCUT2D eigenvalue weighted by atomic mass is 32.1. The molecule has 0 bridgehead atoms. The molecule has 1 saturated heterocycles. The molecule has 1 N–H and O–H groups in total. The minimum atomic E-state index is -5.08. The summed E-state index contributed by atoms with van der Waals surface area (Å²) >= 11 is 1.70. The van der Waals surface area contributed by atoms with E-state index in [0.717, 1.165) is 43.5 Å². The number of carbonyl (C=O) groups is 2. The number of amides is 1. The predicted molar refractivity (Wildman–Crippen MR) is 115 cm³/mol. The molecule has 3 heterocycles. The van der Waals surface area contributed by atoms with Crippen LogP contribution in [-0.2, 0) is 15.0 Å². The molecule has 1 saturated carbocycles. The zero-order chi connectivity index (χ0) is 22.9. The lowest BCUT2D eigenvalue weighted by Gasteiger charge is -2.47. The molecular weight excluding hydrogens is 443 g/mol. The average molecular weight is 468 g/mol. The Bertz CT molecular complexity index is 968. The van der Waals surface area contributed by atoms with Crippen LogP contribution in [0.25, 0.3) is 0 Å². The molecule has 172 valence electrons. The number of alkyl halides is 3. The number of piperidine rings is 1. The Balaban J connectivity index is 0.000000307. The number of carboxylic acid groups (broad SMARTS) is 1. The van der Waals surface area contributed by atoms with Crippen LogP contribution in [0.2, 0.25) is 0 Å². The minimum absolute atomic E-state index is 0.0154. The minimum Gasteiger partial charge on any atom is -0.475 e. The van der Waals surface area contributed by atoms with Gasteiger partial charge in [0.05, 0.1) is 0 Å². The number of carboxylic acids is 1. The maximum atomic E-state index is 13.0. The SMILES string of the molecule is O=C(O)C(F)(F)F.O=C1CC2(CCN(c3nccs3)CC2)c2ccccc2N1CC1CC1. The van der Waals surface area contributed by atoms with Crippen molar-refractivity contribution in [1.29, 1.82) is 0 Å². The van der Waals surface area contributed by atoms with Crippen LogP contribution in [0.4, 0.5) is 24.0 Å². The number of rotatable bonds is 3. The summed E-state index contributed by atoms with van der Waals surface area (Å²) in [5.41, 5.74) is 2.59. The summed E-state index contributed by atoms with van der Waals surface area (Å²) in [6, 6.07) is 8.64. The van der Waals surface area contributed by atoms with Crippen LogP contribution in [0, 0.1) is 5.92 Å². The van der Waals surface area contributed by atoms with Gasteiger partial charge in [0.15, 0.2) is 5.13 Å². The van der Waals surface area contributed by atoms with Crippen LogP contribution in [0.5, 0.6) is 0 Å². The number of para-hydroxylation sites is 1. The zero-order valence-electron chi connectivity index (χ0n) is 17.3. The first-order chi connectivity index (χ1) is 15.2. The molecule has 1 spiro atoms. The lowest BCUT2D eigenvalue weighted by molar-refractivity contribution is -0.192. The van der Waals surface area contributed by atoms with Gasteiger partial charge in [-0.2, -0.15) is 13.2 Å². The summed E-state index contributed by atoms with van der Waals surface area (Å²) in [5, 5.41) is 10.3. The van der Waals surface area contributed by atoms with Gasteiger partial charge < -0.3 is 14.9 Å². The zero-order valence-corrected chi connectivity index (χ0v) is 18.2. The van der Waals surface area contributed by atoms with Crippen molar-refractivity contribution in [2.24, 2.45) is 5.92 Å². The first-order valence-electron chi connectivity index (χ1n) is 10.5. The molecule has 1 aromatic carbocycles. The molecule has 1 aliphatic carbocycles. The normalized spacial score (nSPS) is 19.9. The van der Waals surface area contributed by atoms with E-state index in [1.54, 1.807) is 11.3 Å². The summed E-state index contributed by atoms with van der Waals surface area (Å²) in [7, 11) is 0. The van der Waals surface area contributed by atoms with Crippen molar-refractivity contribution in [1.82, 2.24) is 4.98 Å². The van der Waals surface area contributed by atoms with E-state index in [-0.39, 0.29) is 5.41 Å². The molecular formula is C22H24F3N3O3S. The van der Waals surface area contributed by atoms with Crippen molar-refractivity contribution in [3.8, 4) is 0 Å². The van der Waals surface area contributed by atoms with Crippen LogP contribution in [0.15, 0.2) is 35.8 Å². The Kier molecular flexibility index (Phi) is 6.15. The topological polar surface area (TPSA) is 73.7 Å². The molecule has 1 amide bonds. The number of anilines is 2. The molecule has 3 aliphatic rings. The molecule has 0 unspecified atom stereocenters. The largest absolute Gasteiger partial charge is 0.490 e. The first-order valence-corrected chi connectivity index (χ1v) is 11.4. The Morgan fingerprint density at radius 2 is 1.88 bits per heavy atom. The monoisotopic (exact) mass is 467 g/mol. The molecule has 2 fully saturated rings. The number of carbonyl (C=O) groups excluding carboxylic acids is 1. The second-order valence-corrected chi connectivity index (χ2v) is 9.40. The third-order valence-electron chi connectivity index (χ3n) is 6.35. The number of benzene rings is 1. The van der Waals surface area contributed by atoms with Crippen LogP contribution in [0.3, 0.4) is 0 Å². The number of aliphatic carboxylic acids is 1. The molecule has 1 aromatic heterocycles. The van der Waals surface area contributed by atoms with E-state index < -0.39 is 12.1 Å². The van der Waals surface area contributed by atoms with Gasteiger partial charge in [-0.25, -0.2) is 9.78 Å². The van der Waals surface area contributed by atoms with E-state index >= 15 is 0 Å². The van der Waals surface area contributed by atoms with Gasteiger partial charge in [0.25, 0.3) is 0 Å². The molecule has 10 heteroatoms. The van der Waals surface area contributed by atoms with Crippen molar-refractivity contribution in [2.45, 2.75) is 43.7 Å². The van der Waals surface area contributed by atoms with Gasteiger partial charge in [-0.3, -0.25) is 4.79 Å². The number of hydrogen-bond acceptors (Lipinski definition) is 5. The van der Waals surface area contributed by atoms with Gasteiger partial charge in [0.1, 0.15) is 0 Å². The first kappa shape index (κ1) is 22.6. The van der Waals surface area contributed by atoms with Gasteiger partial charge in [-0.05, 0) is 43.2 Å². The maximum absolute atomic E-state index is 13.0. The quantitative estimate of drug-likeness (QED) is 0.722. The Morgan fingerprint density at radius 3 is 2.44 bits per heavy atom. The van der Waals surface area contributed by atoms with Gasteiger partial charge in [-0.15, -0.1) is 11.3 Å². The van der Waals surface area contributed by atoms with E-state index in [1.807, 2.05) is 11.6 Å². The van der Waals surface area contributed by atoms with Gasteiger partial charge in [-0.1, -0.05) is 18.2 Å². The maximum Gasteiger partial charge on any atom is 0.490 e. The fourth-order valence-corrected chi connectivity index (χ4v) is 5.17. The second kappa shape index (κ2) is 8.73. The summed E-state index contributed by atoms with van der Waals surface area (Å²) in [6.07, 6.45) is 2.08. The summed E-state index contributed by atoms with van der Waals surface area (Å²) in [4.78, 5) is 30.8. The number of nitrogens with zero attached hydrogens (tertiary/aromatic N) is 3. The number of hydrogen-bond donors (Lipinski definition) is 1. The highest BCUT2D eigenvalue weighted by Crippen LogP contribution is 2.48. The Morgan fingerprint density at radius 1 is 1.22 bits per heavy atom. The van der Waals surface area contributed by atoms with Gasteiger partial charge >= 0.3 is 12.1 Å². The van der Waals surface area contributed by atoms with Crippen molar-refractivity contribution >= 4 is 34.0 Å². The van der Waals surface area contributed by atoms with Crippen molar-refractivity contribution < 1.29 is 27.9 Å². The molecule has 5 rings (SSSR count). The predicted octanol–water partition coefficient (Wildman–Crippen LogP) is 4.46. The van der Waals surface area contributed by atoms with E-state index in [9.17, 15) is 18.0 Å². The number of thiazole rings is 1. The third-order valence-corrected chi connectivity index (χ3v) is 7.18. The van der Waals surface area contributed by atoms with Gasteiger partial charge in [0, 0.05) is 48.7 Å². The third kappa shape index (κ3) is 4.74. The molecule has 0 radical (unpaired) electrons. The van der Waals surface area contributed by atoms with E-state index in [4.69, 9.17) is 9.90 Å². The number of aromatic nitrogens is 1. The fourth-order valence-electron chi connectivity index (χ4n) is 4.47. The second-order valence-electron chi connectivity index (χ2n) is 8.53. The summed E-state index contributed by atoms with van der Waals surface area (Å²) < 4.78 is 31.7. The van der Waals surface area contributed by atoms with E-state index in [0.29, 0.717) is 12.3 Å². The van der Waals surface area contributed by atoms with E-state index in [2.05, 4.69) is 39.0 Å². The van der Waals surface area contributed by atoms with Crippen LogP contribution < -0.4 is 9.80 Å². The van der Waals surface area contributed by atoms with E-state index in [1.165, 1.54) is 24.1 Å². The molecule has 32 heavy (non-hydrogen) atoms. The number of fused-ring (bicyclic) bond motifs is 2. The summed E-state index contributed by atoms with van der Waals surface area (Å²) in [5.74, 6) is -1.71. The van der Waals surface area contributed by atoms with Gasteiger partial charge in [0.2, 0.25) is 5.91 Å². The standard InChI is InChI=1S/C20H23N3OS.C2HF3O2/c24-18-13-20(7-10-22(11-8-20)19-21-9-12-25-19)16-3-1-2-4-17(16)23(18)14-15-5-6-15;3-2(4,5)1(6)7/h1-4,9,12,15H,5-8,10-11,13-14H2;(H,6,7). The lowest BCUT2D eigenvalue weighted by Crippen LogP contribution is -2.50. The highest BCUT2D eigenvalue weighted by molar-refractivity contribution is 7.13. The van der Waals surface area contributed by atoms with Crippen LogP contribution >= 0.6 is 11.3 Å². The molecule has 2 aromatic rings. The lowest BCUT2D eigenvalue weighted by atomic mass is 9.67. The summed E-state index contributed by atoms with van der Waals surface area (Å²) in [6.45, 7) is 2.88. The van der Waals surface area contributed by atoms with Crippen molar-refractivity contribution in [3.05, 3.63) is 41.4 Å². The van der Waals surface area contributed by atoms with Crippen molar-refractivity contribution in [3.63, 3.8) is 0 Å². The average Bonchev–Trinajstić information content (AvgIpc) is 3.41.